The molecule has 8 heteroatoms. The van der Waals surface area contributed by atoms with E-state index >= 15 is 0 Å². The highest BCUT2D eigenvalue weighted by Gasteiger charge is 2.27. The molecule has 1 aliphatic rings. The van der Waals surface area contributed by atoms with E-state index in [4.69, 9.17) is 5.11 Å². The lowest BCUT2D eigenvalue weighted by molar-refractivity contribution is -0.143. The van der Waals surface area contributed by atoms with Crippen molar-refractivity contribution in [3.8, 4) is 0 Å². The van der Waals surface area contributed by atoms with Gasteiger partial charge >= 0.3 is 12.0 Å². The van der Waals surface area contributed by atoms with E-state index in [0.717, 1.165) is 12.8 Å². The molecule has 1 fully saturated rings. The summed E-state index contributed by atoms with van der Waals surface area (Å²) in [5.41, 5.74) is 0. The molecule has 0 spiro atoms. The maximum absolute atomic E-state index is 11.6. The molecule has 0 aromatic carbocycles. The van der Waals surface area contributed by atoms with Crippen molar-refractivity contribution >= 4 is 21.8 Å². The van der Waals surface area contributed by atoms with Gasteiger partial charge in [0.05, 0.1) is 11.7 Å². The number of nitrogens with one attached hydrogen (secondary N) is 2. The van der Waals surface area contributed by atoms with Crippen molar-refractivity contribution in [1.82, 2.24) is 10.6 Å². The molecule has 1 rings (SSSR count). The van der Waals surface area contributed by atoms with Crippen LogP contribution in [0.4, 0.5) is 4.79 Å². The van der Waals surface area contributed by atoms with Crippen molar-refractivity contribution in [3.63, 3.8) is 0 Å². The third-order valence-electron chi connectivity index (χ3n) is 3.50. The van der Waals surface area contributed by atoms with E-state index in [1.54, 1.807) is 6.92 Å². The summed E-state index contributed by atoms with van der Waals surface area (Å²) in [4.78, 5) is 22.5. The van der Waals surface area contributed by atoms with E-state index in [9.17, 15) is 18.0 Å². The van der Waals surface area contributed by atoms with E-state index in [-0.39, 0.29) is 24.1 Å². The summed E-state index contributed by atoms with van der Waals surface area (Å²) in [6, 6.07) is -0.597. The molecule has 1 aliphatic carbocycles. The highest BCUT2D eigenvalue weighted by molar-refractivity contribution is 7.91. The molecule has 1 saturated carbocycles. The molecular formula is C12H22N2O5S. The minimum absolute atomic E-state index is 0.0548. The van der Waals surface area contributed by atoms with Crippen molar-refractivity contribution in [2.75, 3.05) is 18.1 Å². The Kier molecular flexibility index (Phi) is 6.25. The Hall–Kier alpha value is -1.31. The molecule has 0 heterocycles. The first-order valence-corrected chi connectivity index (χ1v) is 8.63. The fourth-order valence-electron chi connectivity index (χ4n) is 2.25. The number of urea groups is 1. The number of rotatable bonds is 6. The van der Waals surface area contributed by atoms with Crippen LogP contribution in [0.3, 0.4) is 0 Å². The van der Waals surface area contributed by atoms with Crippen molar-refractivity contribution < 1.29 is 23.1 Å². The lowest BCUT2D eigenvalue weighted by atomic mass is 9.86. The van der Waals surface area contributed by atoms with Gasteiger partial charge in [-0.05, 0) is 19.3 Å². The van der Waals surface area contributed by atoms with E-state index in [2.05, 4.69) is 10.6 Å². The number of carboxylic acids is 1. The number of carbonyl (C=O) groups excluding carboxylic acids is 1. The second kappa shape index (κ2) is 7.47. The van der Waals surface area contributed by atoms with Gasteiger partial charge in [-0.3, -0.25) is 4.79 Å². The minimum atomic E-state index is -3.09. The van der Waals surface area contributed by atoms with Gasteiger partial charge in [0.25, 0.3) is 0 Å². The van der Waals surface area contributed by atoms with Crippen molar-refractivity contribution in [1.29, 1.82) is 0 Å². The minimum Gasteiger partial charge on any atom is -0.481 e. The summed E-state index contributed by atoms with van der Waals surface area (Å²) in [6.07, 6.45) is 2.59. The zero-order valence-corrected chi connectivity index (χ0v) is 12.4. The van der Waals surface area contributed by atoms with Crippen LogP contribution in [0.25, 0.3) is 0 Å². The quantitative estimate of drug-likeness (QED) is 0.656. The molecule has 0 aliphatic heterocycles. The predicted octanol–water partition coefficient (Wildman–Crippen LogP) is 0.364. The average Bonchev–Trinajstić information content (AvgIpc) is 2.38. The van der Waals surface area contributed by atoms with E-state index in [1.807, 2.05) is 0 Å². The van der Waals surface area contributed by atoms with Crippen LogP contribution in [-0.4, -0.2) is 49.6 Å². The Bertz CT molecular complexity index is 449. The average molecular weight is 306 g/mol. The topological polar surface area (TPSA) is 113 Å². The van der Waals surface area contributed by atoms with Gasteiger partial charge in [0.15, 0.2) is 9.84 Å². The number of hydrogen-bond donors (Lipinski definition) is 3. The summed E-state index contributed by atoms with van der Waals surface area (Å²) in [6.45, 7) is 1.63. The summed E-state index contributed by atoms with van der Waals surface area (Å²) in [5, 5.41) is 14.1. The molecule has 0 aromatic rings. The van der Waals surface area contributed by atoms with Crippen LogP contribution in [0.5, 0.6) is 0 Å². The Morgan fingerprint density at radius 1 is 1.30 bits per heavy atom. The molecular weight excluding hydrogens is 284 g/mol. The fraction of sp³-hybridized carbons (Fsp3) is 0.833. The number of sulfone groups is 1. The van der Waals surface area contributed by atoms with Crippen LogP contribution in [0, 0.1) is 5.92 Å². The summed E-state index contributed by atoms with van der Waals surface area (Å²) < 4.78 is 22.5. The summed E-state index contributed by atoms with van der Waals surface area (Å²) >= 11 is 0. The standard InChI is InChI=1S/C12H22N2O5S/c1-2-20(18,19)7-6-13-12(17)14-10-5-3-4-9(8-10)11(15)16/h9-10H,2-8H2,1H3,(H,15,16)(H2,13,14,17). The van der Waals surface area contributed by atoms with Gasteiger partial charge in [0, 0.05) is 18.3 Å². The summed E-state index contributed by atoms with van der Waals surface area (Å²) in [7, 11) is -3.09. The number of carboxylic acid groups (broad SMARTS) is 1. The molecule has 7 nitrogen and oxygen atoms in total. The van der Waals surface area contributed by atoms with Gasteiger partial charge in [-0.15, -0.1) is 0 Å². The smallest absolute Gasteiger partial charge is 0.315 e. The lowest BCUT2D eigenvalue weighted by Crippen LogP contribution is -2.46. The largest absolute Gasteiger partial charge is 0.481 e. The highest BCUT2D eigenvalue weighted by atomic mass is 32.2. The van der Waals surface area contributed by atoms with Crippen molar-refractivity contribution in [2.24, 2.45) is 5.92 Å². The van der Waals surface area contributed by atoms with E-state index in [1.165, 1.54) is 0 Å². The van der Waals surface area contributed by atoms with Crippen LogP contribution in [-0.2, 0) is 14.6 Å². The maximum Gasteiger partial charge on any atom is 0.315 e. The molecule has 2 unspecified atom stereocenters. The number of hydrogen-bond acceptors (Lipinski definition) is 4. The molecule has 2 amide bonds. The van der Waals surface area contributed by atoms with Gasteiger partial charge in [-0.2, -0.15) is 0 Å². The van der Waals surface area contributed by atoms with Crippen molar-refractivity contribution in [2.45, 2.75) is 38.6 Å². The first kappa shape index (κ1) is 16.7. The zero-order chi connectivity index (χ0) is 15.2. The van der Waals surface area contributed by atoms with E-state index in [0.29, 0.717) is 12.8 Å². The van der Waals surface area contributed by atoms with Gasteiger partial charge in [-0.1, -0.05) is 13.3 Å². The van der Waals surface area contributed by atoms with Crippen LogP contribution in [0.15, 0.2) is 0 Å². The molecule has 0 bridgehead atoms. The van der Waals surface area contributed by atoms with Crippen LogP contribution in [0.1, 0.15) is 32.6 Å². The van der Waals surface area contributed by atoms with Gasteiger partial charge < -0.3 is 15.7 Å². The molecule has 0 saturated heterocycles. The third kappa shape index (κ3) is 5.77. The number of amides is 2. The van der Waals surface area contributed by atoms with Crippen LogP contribution in [0.2, 0.25) is 0 Å². The first-order valence-electron chi connectivity index (χ1n) is 6.81. The number of carbonyl (C=O) groups is 2. The lowest BCUT2D eigenvalue weighted by Gasteiger charge is -2.27. The van der Waals surface area contributed by atoms with E-state index < -0.39 is 27.8 Å². The highest BCUT2D eigenvalue weighted by Crippen LogP contribution is 2.24. The second-order valence-corrected chi connectivity index (χ2v) is 7.51. The summed E-state index contributed by atoms with van der Waals surface area (Å²) in [5.74, 6) is -1.26. The van der Waals surface area contributed by atoms with Crippen LogP contribution >= 0.6 is 0 Å². The SMILES string of the molecule is CCS(=O)(=O)CCNC(=O)NC1CCCC(C(=O)O)C1. The monoisotopic (exact) mass is 306 g/mol. The fourth-order valence-corrected chi connectivity index (χ4v) is 2.95. The Balaban J connectivity index is 2.30. The Morgan fingerprint density at radius 2 is 2.00 bits per heavy atom. The normalized spacial score (nSPS) is 23.1. The third-order valence-corrected chi connectivity index (χ3v) is 5.20. The van der Waals surface area contributed by atoms with Gasteiger partial charge in [0.2, 0.25) is 0 Å². The van der Waals surface area contributed by atoms with Gasteiger partial charge in [0.1, 0.15) is 0 Å². The van der Waals surface area contributed by atoms with Crippen molar-refractivity contribution in [3.05, 3.63) is 0 Å². The molecule has 0 radical (unpaired) electrons. The second-order valence-electron chi connectivity index (χ2n) is 5.04. The molecule has 20 heavy (non-hydrogen) atoms. The zero-order valence-electron chi connectivity index (χ0n) is 11.6. The maximum atomic E-state index is 11.6. The van der Waals surface area contributed by atoms with Crippen LogP contribution < -0.4 is 10.6 Å². The first-order chi connectivity index (χ1) is 9.34. The molecule has 116 valence electrons. The molecule has 0 aromatic heterocycles. The molecule has 2 atom stereocenters. The predicted molar refractivity (Wildman–Crippen MR) is 74.2 cm³/mol. The molecule has 3 N–H and O–H groups in total. The Labute approximate surface area is 119 Å². The van der Waals surface area contributed by atoms with Gasteiger partial charge in [-0.25, -0.2) is 13.2 Å². The number of aliphatic carboxylic acids is 1. The Morgan fingerprint density at radius 3 is 2.60 bits per heavy atom.